The highest BCUT2D eigenvalue weighted by molar-refractivity contribution is 7.15. The normalized spacial score (nSPS) is 15.2. The van der Waals surface area contributed by atoms with Crippen LogP contribution in [0.5, 0.6) is 0 Å². The molecule has 3 rings (SSSR count). The molecule has 2 heterocycles. The molecule has 1 N–H and O–H groups in total. The monoisotopic (exact) mass is 310 g/mol. The Labute approximate surface area is 126 Å². The Morgan fingerprint density at radius 1 is 1.25 bits per heavy atom. The lowest BCUT2D eigenvalue weighted by atomic mass is 10.0. The molecule has 0 aromatic carbocycles. The SMILES string of the molecule is O=C(Nc1nc2c(s1)CCCCCC2)c1ccc(Cl)o1. The van der Waals surface area contributed by atoms with E-state index in [0.29, 0.717) is 5.13 Å². The van der Waals surface area contributed by atoms with Crippen LogP contribution in [-0.4, -0.2) is 10.9 Å². The largest absolute Gasteiger partial charge is 0.440 e. The number of carbonyl (C=O) groups is 1. The van der Waals surface area contributed by atoms with Gasteiger partial charge in [-0.15, -0.1) is 11.3 Å². The third-order valence-electron chi connectivity index (χ3n) is 3.36. The number of anilines is 1. The summed E-state index contributed by atoms with van der Waals surface area (Å²) in [4.78, 5) is 17.8. The van der Waals surface area contributed by atoms with Gasteiger partial charge in [0.25, 0.3) is 5.91 Å². The van der Waals surface area contributed by atoms with Crippen molar-refractivity contribution in [3.05, 3.63) is 33.7 Å². The Hall–Kier alpha value is -1.33. The number of hydrogen-bond donors (Lipinski definition) is 1. The van der Waals surface area contributed by atoms with E-state index < -0.39 is 0 Å². The van der Waals surface area contributed by atoms with Crippen LogP contribution in [0.25, 0.3) is 0 Å². The fourth-order valence-corrected chi connectivity index (χ4v) is 3.55. The van der Waals surface area contributed by atoms with Crippen molar-refractivity contribution in [2.24, 2.45) is 0 Å². The van der Waals surface area contributed by atoms with E-state index in [1.807, 2.05) is 0 Å². The minimum Gasteiger partial charge on any atom is -0.440 e. The summed E-state index contributed by atoms with van der Waals surface area (Å²) >= 11 is 7.24. The Kier molecular flexibility index (Phi) is 4.08. The van der Waals surface area contributed by atoms with E-state index in [4.69, 9.17) is 16.0 Å². The second-order valence-corrected chi connectivity index (χ2v) is 6.32. The van der Waals surface area contributed by atoms with Gasteiger partial charge in [0.05, 0.1) is 5.69 Å². The molecule has 0 spiro atoms. The van der Waals surface area contributed by atoms with Gasteiger partial charge in [-0.2, -0.15) is 0 Å². The number of hydrogen-bond acceptors (Lipinski definition) is 4. The lowest BCUT2D eigenvalue weighted by Gasteiger charge is -2.06. The van der Waals surface area contributed by atoms with Crippen LogP contribution in [-0.2, 0) is 12.8 Å². The molecule has 0 unspecified atom stereocenters. The molecule has 0 aliphatic heterocycles. The molecule has 6 heteroatoms. The van der Waals surface area contributed by atoms with Crippen LogP contribution in [0.2, 0.25) is 5.22 Å². The first kappa shape index (κ1) is 13.6. The van der Waals surface area contributed by atoms with Gasteiger partial charge in [-0.25, -0.2) is 4.98 Å². The molecule has 0 saturated carbocycles. The molecule has 1 aliphatic carbocycles. The first-order valence-corrected chi connectivity index (χ1v) is 7.97. The summed E-state index contributed by atoms with van der Waals surface area (Å²) in [5.41, 5.74) is 1.14. The van der Waals surface area contributed by atoms with Crippen molar-refractivity contribution in [1.29, 1.82) is 0 Å². The molecule has 0 bridgehead atoms. The Bertz CT molecular complexity index is 595. The van der Waals surface area contributed by atoms with Gasteiger partial charge in [0.2, 0.25) is 0 Å². The van der Waals surface area contributed by atoms with E-state index in [2.05, 4.69) is 10.3 Å². The van der Waals surface area contributed by atoms with Crippen LogP contribution in [0.3, 0.4) is 0 Å². The quantitative estimate of drug-likeness (QED) is 0.899. The Morgan fingerprint density at radius 2 is 2.05 bits per heavy atom. The highest BCUT2D eigenvalue weighted by Gasteiger charge is 2.17. The van der Waals surface area contributed by atoms with Crippen LogP contribution < -0.4 is 5.32 Å². The average Bonchev–Trinajstić information content (AvgIpc) is 2.97. The van der Waals surface area contributed by atoms with Crippen molar-refractivity contribution in [1.82, 2.24) is 4.98 Å². The fourth-order valence-electron chi connectivity index (χ4n) is 2.35. The number of aromatic nitrogens is 1. The molecule has 1 amide bonds. The topological polar surface area (TPSA) is 55.1 Å². The van der Waals surface area contributed by atoms with Crippen LogP contribution in [0.1, 0.15) is 46.8 Å². The highest BCUT2D eigenvalue weighted by Crippen LogP contribution is 2.28. The van der Waals surface area contributed by atoms with E-state index >= 15 is 0 Å². The van der Waals surface area contributed by atoms with Gasteiger partial charge in [-0.05, 0) is 49.4 Å². The fraction of sp³-hybridized carbons (Fsp3) is 0.429. The molecule has 1 aliphatic rings. The molecular formula is C14H15ClN2O2S. The number of thiazole rings is 1. The molecular weight excluding hydrogens is 296 g/mol. The lowest BCUT2D eigenvalue weighted by molar-refractivity contribution is 0.0996. The zero-order valence-electron chi connectivity index (χ0n) is 10.9. The van der Waals surface area contributed by atoms with Gasteiger partial charge in [-0.3, -0.25) is 10.1 Å². The van der Waals surface area contributed by atoms with Crippen LogP contribution in [0.15, 0.2) is 16.5 Å². The predicted octanol–water partition coefficient (Wildman–Crippen LogP) is 4.30. The van der Waals surface area contributed by atoms with E-state index in [-0.39, 0.29) is 16.9 Å². The highest BCUT2D eigenvalue weighted by atomic mass is 35.5. The van der Waals surface area contributed by atoms with Gasteiger partial charge in [0, 0.05) is 4.88 Å². The second kappa shape index (κ2) is 5.97. The lowest BCUT2D eigenvalue weighted by Crippen LogP contribution is -2.10. The van der Waals surface area contributed by atoms with E-state index in [1.54, 1.807) is 23.5 Å². The van der Waals surface area contributed by atoms with E-state index in [9.17, 15) is 4.79 Å². The van der Waals surface area contributed by atoms with Gasteiger partial charge < -0.3 is 4.42 Å². The first-order chi connectivity index (χ1) is 9.72. The van der Waals surface area contributed by atoms with Crippen LogP contribution in [0.4, 0.5) is 5.13 Å². The van der Waals surface area contributed by atoms with Crippen LogP contribution in [0, 0.1) is 0 Å². The minimum absolute atomic E-state index is 0.206. The second-order valence-electron chi connectivity index (χ2n) is 4.86. The summed E-state index contributed by atoms with van der Waals surface area (Å²) in [6.45, 7) is 0. The van der Waals surface area contributed by atoms with Gasteiger partial charge in [-0.1, -0.05) is 12.8 Å². The number of nitrogens with one attached hydrogen (secondary N) is 1. The summed E-state index contributed by atoms with van der Waals surface area (Å²) in [5.74, 6) is -0.101. The number of halogens is 1. The Balaban J connectivity index is 1.74. The third kappa shape index (κ3) is 3.04. The molecule has 0 fully saturated rings. The predicted molar refractivity (Wildman–Crippen MR) is 79.7 cm³/mol. The van der Waals surface area contributed by atoms with Gasteiger partial charge in [0.15, 0.2) is 16.1 Å². The molecule has 0 saturated heterocycles. The van der Waals surface area contributed by atoms with Crippen molar-refractivity contribution < 1.29 is 9.21 Å². The summed E-state index contributed by atoms with van der Waals surface area (Å²) < 4.78 is 5.09. The number of nitrogens with zero attached hydrogens (tertiary/aromatic N) is 1. The average molecular weight is 311 g/mol. The number of amides is 1. The first-order valence-electron chi connectivity index (χ1n) is 6.77. The van der Waals surface area contributed by atoms with Crippen LogP contribution >= 0.6 is 22.9 Å². The zero-order valence-corrected chi connectivity index (χ0v) is 12.5. The minimum atomic E-state index is -0.307. The smallest absolute Gasteiger partial charge is 0.293 e. The van der Waals surface area contributed by atoms with Gasteiger partial charge >= 0.3 is 0 Å². The van der Waals surface area contributed by atoms with Crippen molar-refractivity contribution in [2.75, 3.05) is 5.32 Å². The van der Waals surface area contributed by atoms with Crippen molar-refractivity contribution in [2.45, 2.75) is 38.5 Å². The molecule has 0 atom stereocenters. The molecule has 2 aromatic heterocycles. The van der Waals surface area contributed by atoms with Gasteiger partial charge in [0.1, 0.15) is 0 Å². The molecule has 2 aromatic rings. The number of rotatable bonds is 2. The molecule has 20 heavy (non-hydrogen) atoms. The van der Waals surface area contributed by atoms with Crippen molar-refractivity contribution in [3.8, 4) is 0 Å². The standard InChI is InChI=1S/C14H15ClN2O2S/c15-12-8-7-10(19-12)13(18)17-14-16-9-5-3-1-2-4-6-11(9)20-14/h7-8H,1-6H2,(H,16,17,18). The number of carbonyl (C=O) groups excluding carboxylic acids is 1. The Morgan fingerprint density at radius 3 is 2.80 bits per heavy atom. The van der Waals surface area contributed by atoms with Crippen molar-refractivity contribution >= 4 is 34.0 Å². The molecule has 4 nitrogen and oxygen atoms in total. The number of aryl methyl sites for hydroxylation is 2. The summed E-state index contributed by atoms with van der Waals surface area (Å²) in [7, 11) is 0. The summed E-state index contributed by atoms with van der Waals surface area (Å²) in [6.07, 6.45) is 7.01. The number of fused-ring (bicyclic) bond motifs is 1. The third-order valence-corrected chi connectivity index (χ3v) is 4.64. The van der Waals surface area contributed by atoms with E-state index in [1.165, 1.54) is 30.6 Å². The maximum Gasteiger partial charge on any atom is 0.293 e. The number of furan rings is 1. The molecule has 106 valence electrons. The van der Waals surface area contributed by atoms with Crippen molar-refractivity contribution in [3.63, 3.8) is 0 Å². The maximum atomic E-state index is 12.0. The zero-order chi connectivity index (χ0) is 13.9. The molecule has 0 radical (unpaired) electrons. The summed E-state index contributed by atoms with van der Waals surface area (Å²) in [6, 6.07) is 3.11. The maximum absolute atomic E-state index is 12.0. The van der Waals surface area contributed by atoms with E-state index in [0.717, 1.165) is 18.5 Å². The summed E-state index contributed by atoms with van der Waals surface area (Å²) in [5, 5.41) is 3.64.